The number of oxime groups is 1. The predicted molar refractivity (Wildman–Crippen MR) is 298 cm³/mol. The summed E-state index contributed by atoms with van der Waals surface area (Å²) in [6.45, 7) is 4.22. The smallest absolute Gasteiger partial charge is 0.356 e. The van der Waals surface area contributed by atoms with Crippen LogP contribution < -0.4 is 20.1 Å². The lowest BCUT2D eigenvalue weighted by atomic mass is 9.77. The molecule has 0 aliphatic carbocycles. The summed E-state index contributed by atoms with van der Waals surface area (Å²) in [6.07, 6.45) is 3.03. The molecule has 78 heavy (non-hydrogen) atoms. The van der Waals surface area contributed by atoms with Gasteiger partial charge in [0, 0.05) is 36.1 Å². The Kier molecular flexibility index (Phi) is 15.5. The second-order valence-corrected chi connectivity index (χ2v) is 21.2. The van der Waals surface area contributed by atoms with Crippen molar-refractivity contribution in [3.05, 3.63) is 237 Å². The molecule has 6 aromatic carbocycles. The van der Waals surface area contributed by atoms with Crippen LogP contribution in [0.3, 0.4) is 0 Å². The highest BCUT2D eigenvalue weighted by Gasteiger charge is 2.55. The van der Waals surface area contributed by atoms with Gasteiger partial charge in [-0.05, 0) is 51.6 Å². The highest BCUT2D eigenvalue weighted by molar-refractivity contribution is 8.00. The van der Waals surface area contributed by atoms with E-state index in [1.54, 1.807) is 17.5 Å². The molecule has 1 saturated heterocycles. The number of hydrogen-bond donors (Lipinski definition) is 2. The standard InChI is InChI=1S/C61H54N6O9S2/c1-39(68)74-50-33-44-35-67(3,36-45(44)34-51(50)75-40(2)69)32-20-25-43-37-77-58-53(57(71)66(58)54(43)59(72)76-55(41-21-10-5-11-22-41)42-23-12-6-13-24-42)63-56(70)52(65-73-4)49-38-78-60(62-49)64-61(46-26-14-7-15-27-46,47-28-16-8-17-29-47)48-30-18-9-19-31-48/h5-31,33-34,38,53,55,58H,32,35-37H2,1-4H3,(H-,62,63,64,70)/p+1/b25-20+,65-52-/t53?,58-/m1/s1. The van der Waals surface area contributed by atoms with Crippen molar-refractivity contribution in [1.82, 2.24) is 15.2 Å². The lowest BCUT2D eigenvalue weighted by molar-refractivity contribution is -0.923. The van der Waals surface area contributed by atoms with E-state index in [9.17, 15) is 24.0 Å². The molecule has 7 aromatic rings. The van der Waals surface area contributed by atoms with Crippen LogP contribution in [-0.4, -0.2) is 87.7 Å². The number of aromatic nitrogens is 1. The summed E-state index contributed by atoms with van der Waals surface area (Å²) in [4.78, 5) is 79.4. The van der Waals surface area contributed by atoms with Gasteiger partial charge in [-0.25, -0.2) is 9.78 Å². The number of benzene rings is 6. The number of anilines is 1. The molecule has 4 heterocycles. The normalized spacial score (nSPS) is 16.7. The third kappa shape index (κ3) is 11.0. The quantitative estimate of drug-likeness (QED) is 0.0159. The molecule has 1 unspecified atom stereocenters. The van der Waals surface area contributed by atoms with E-state index in [4.69, 9.17) is 24.0 Å². The minimum absolute atomic E-state index is 0.0755. The van der Waals surface area contributed by atoms with Gasteiger partial charge in [0.25, 0.3) is 11.8 Å². The highest BCUT2D eigenvalue weighted by atomic mass is 32.2. The molecule has 2 N–H and O–H groups in total. The first-order valence-corrected chi connectivity index (χ1v) is 27.1. The van der Waals surface area contributed by atoms with Gasteiger partial charge in [-0.15, -0.1) is 23.1 Å². The fraction of sp³-hybridized carbons (Fsp3) is 0.197. The van der Waals surface area contributed by atoms with Crippen molar-refractivity contribution in [1.29, 1.82) is 0 Å². The van der Waals surface area contributed by atoms with Gasteiger partial charge in [-0.3, -0.25) is 24.1 Å². The van der Waals surface area contributed by atoms with Gasteiger partial charge < -0.3 is 34.2 Å². The molecule has 1 aromatic heterocycles. The molecule has 2 atom stereocenters. The van der Waals surface area contributed by atoms with Crippen LogP contribution in [-0.2, 0) is 52.2 Å². The Balaban J connectivity index is 0.921. The van der Waals surface area contributed by atoms with Crippen LogP contribution in [0.25, 0.3) is 0 Å². The largest absolute Gasteiger partial charge is 0.448 e. The number of amides is 2. The summed E-state index contributed by atoms with van der Waals surface area (Å²) < 4.78 is 17.8. The summed E-state index contributed by atoms with van der Waals surface area (Å²) in [7, 11) is 3.41. The molecular weight excluding hydrogens is 1020 g/mol. The van der Waals surface area contributed by atoms with Crippen LogP contribution >= 0.6 is 23.1 Å². The minimum Gasteiger partial charge on any atom is -0.448 e. The summed E-state index contributed by atoms with van der Waals surface area (Å²) in [5.74, 6) is -2.35. The lowest BCUT2D eigenvalue weighted by Crippen LogP contribution is -2.71. The van der Waals surface area contributed by atoms with Crippen LogP contribution in [0.2, 0.25) is 0 Å². The topological polar surface area (TPSA) is 175 Å². The Hall–Kier alpha value is -8.64. The van der Waals surface area contributed by atoms with Gasteiger partial charge in [0.2, 0.25) is 0 Å². The predicted octanol–water partition coefficient (Wildman–Crippen LogP) is 9.45. The van der Waals surface area contributed by atoms with Crippen molar-refractivity contribution < 1.29 is 47.5 Å². The van der Waals surface area contributed by atoms with Crippen LogP contribution in [0, 0.1) is 0 Å². The average molecular weight is 1080 g/mol. The SMILES string of the molecule is CO/N=C(\C(=O)NC1C(=O)N2C(C(=O)OC(c3ccccc3)c3ccccc3)=C(/C=C/C[N+]3(C)Cc4cc(OC(C)=O)c(OC(C)=O)cc4C3)CS[C@H]12)c1csc(NC(c2ccccc2)(c2ccccc2)c2ccccc2)n1. The molecule has 0 bridgehead atoms. The summed E-state index contributed by atoms with van der Waals surface area (Å²) in [6, 6.07) is 51.4. The Bertz CT molecular complexity index is 3280. The first kappa shape index (κ1) is 52.8. The van der Waals surface area contributed by atoms with E-state index in [-0.39, 0.29) is 28.6 Å². The molecule has 10 rings (SSSR count). The lowest BCUT2D eigenvalue weighted by Gasteiger charge is -2.49. The number of fused-ring (bicyclic) bond motifs is 2. The van der Waals surface area contributed by atoms with Gasteiger partial charge in [0.05, 0.1) is 13.6 Å². The third-order valence-corrected chi connectivity index (χ3v) is 15.8. The molecule has 15 nitrogen and oxygen atoms in total. The number of nitrogens with one attached hydrogen (secondary N) is 2. The van der Waals surface area contributed by atoms with Crippen LogP contribution in [0.15, 0.2) is 198 Å². The zero-order valence-corrected chi connectivity index (χ0v) is 44.8. The number of hydrogen-bond acceptors (Lipinski definition) is 14. The number of allylic oxidation sites excluding steroid dienone is 1. The molecule has 0 radical (unpaired) electrons. The number of rotatable bonds is 18. The number of esters is 3. The van der Waals surface area contributed by atoms with E-state index >= 15 is 0 Å². The van der Waals surface area contributed by atoms with Crippen molar-refractivity contribution in [2.75, 3.05) is 31.8 Å². The average Bonchev–Trinajstić information content (AvgIpc) is 4.14. The van der Waals surface area contributed by atoms with Crippen LogP contribution in [0.4, 0.5) is 5.13 Å². The molecule has 0 saturated carbocycles. The van der Waals surface area contributed by atoms with E-state index in [0.29, 0.717) is 40.6 Å². The third-order valence-electron chi connectivity index (χ3n) is 13.7. The Morgan fingerprint density at radius 3 is 1.76 bits per heavy atom. The molecule has 394 valence electrons. The molecule has 17 heteroatoms. The number of carbonyl (C=O) groups excluding carboxylic acids is 5. The number of nitrogens with zero attached hydrogens (tertiary/aromatic N) is 4. The maximum Gasteiger partial charge on any atom is 0.356 e. The number of quaternary nitrogens is 1. The van der Waals surface area contributed by atoms with Crippen molar-refractivity contribution in [2.24, 2.45) is 5.16 Å². The van der Waals surface area contributed by atoms with Gasteiger partial charge in [-0.2, -0.15) is 0 Å². The number of ether oxygens (including phenoxy) is 3. The summed E-state index contributed by atoms with van der Waals surface area (Å²) in [5.41, 5.74) is 6.10. The number of thiazole rings is 1. The zero-order chi connectivity index (χ0) is 54.4. The zero-order valence-electron chi connectivity index (χ0n) is 43.2. The first-order valence-electron chi connectivity index (χ1n) is 25.2. The Labute approximate surface area is 459 Å². The van der Waals surface area contributed by atoms with Crippen molar-refractivity contribution in [2.45, 2.75) is 50.0 Å². The van der Waals surface area contributed by atoms with Crippen molar-refractivity contribution in [3.8, 4) is 11.5 Å². The molecule has 2 amide bonds. The van der Waals surface area contributed by atoms with Crippen LogP contribution in [0.1, 0.15) is 64.6 Å². The maximum absolute atomic E-state index is 14.9. The first-order chi connectivity index (χ1) is 37.8. The molecule has 3 aliphatic rings. The van der Waals surface area contributed by atoms with Crippen molar-refractivity contribution in [3.63, 3.8) is 0 Å². The number of carbonyl (C=O) groups is 5. The van der Waals surface area contributed by atoms with Gasteiger partial charge in [0.15, 0.2) is 28.4 Å². The Morgan fingerprint density at radius 2 is 1.27 bits per heavy atom. The monoisotopic (exact) mass is 1080 g/mol. The van der Waals surface area contributed by atoms with Gasteiger partial charge >= 0.3 is 17.9 Å². The van der Waals surface area contributed by atoms with E-state index in [2.05, 4.69) is 59.2 Å². The summed E-state index contributed by atoms with van der Waals surface area (Å²) in [5, 5.41) is 12.3. The molecular formula is C61H55N6O9S2+. The van der Waals surface area contributed by atoms with E-state index in [1.807, 2.05) is 127 Å². The highest BCUT2D eigenvalue weighted by Crippen LogP contribution is 2.44. The van der Waals surface area contributed by atoms with E-state index in [0.717, 1.165) is 38.9 Å². The van der Waals surface area contributed by atoms with E-state index < -0.39 is 52.8 Å². The maximum atomic E-state index is 14.9. The van der Waals surface area contributed by atoms with E-state index in [1.165, 1.54) is 49.0 Å². The molecule has 3 aliphatic heterocycles. The summed E-state index contributed by atoms with van der Waals surface area (Å²) >= 11 is 2.70. The van der Waals surface area contributed by atoms with Gasteiger partial charge in [-0.1, -0.05) is 163 Å². The number of thioether (sulfide) groups is 1. The second-order valence-electron chi connectivity index (χ2n) is 19.3. The second kappa shape index (κ2) is 22.9. The van der Waals surface area contributed by atoms with Crippen molar-refractivity contribution >= 4 is 63.7 Å². The number of likely N-dealkylation sites (N-methyl/N-ethyl adjacent to an activating group) is 1. The fourth-order valence-corrected chi connectivity index (χ4v) is 12.3. The van der Waals surface area contributed by atoms with Crippen LogP contribution in [0.5, 0.6) is 11.5 Å². The number of β-lactam (4-membered cyclic amide) rings is 1. The molecule has 1 fully saturated rings. The minimum atomic E-state index is -1.05. The Morgan fingerprint density at radius 1 is 0.769 bits per heavy atom. The fourth-order valence-electron chi connectivity index (χ4n) is 10.3. The molecule has 0 spiro atoms. The van der Waals surface area contributed by atoms with Gasteiger partial charge in [0.1, 0.15) is 48.5 Å².